The van der Waals surface area contributed by atoms with E-state index in [1.807, 2.05) is 57.2 Å². The number of hydrogen-bond acceptors (Lipinski definition) is 5. The van der Waals surface area contributed by atoms with Crippen molar-refractivity contribution < 1.29 is 9.32 Å². The molecule has 0 aliphatic rings. The van der Waals surface area contributed by atoms with Gasteiger partial charge in [-0.3, -0.25) is 9.59 Å². The molecule has 0 radical (unpaired) electrons. The predicted octanol–water partition coefficient (Wildman–Crippen LogP) is 4.89. The Balaban J connectivity index is 1.55. The van der Waals surface area contributed by atoms with Crippen LogP contribution in [0.4, 0.5) is 5.69 Å². The molecule has 0 bridgehead atoms. The number of pyridine rings is 1. The van der Waals surface area contributed by atoms with Crippen LogP contribution in [-0.4, -0.2) is 20.6 Å². The van der Waals surface area contributed by atoms with Crippen LogP contribution in [0, 0.1) is 20.8 Å². The largest absolute Gasteiger partial charge is 0.334 e. The molecule has 8 heteroatoms. The maximum absolute atomic E-state index is 12.7. The van der Waals surface area contributed by atoms with Crippen molar-refractivity contribution in [2.24, 2.45) is 0 Å². The molecule has 7 nitrogen and oxygen atoms in total. The summed E-state index contributed by atoms with van der Waals surface area (Å²) in [6.45, 7) is 5.77. The quantitative estimate of drug-likeness (QED) is 0.428. The van der Waals surface area contributed by atoms with E-state index in [0.29, 0.717) is 11.4 Å². The Morgan fingerprint density at radius 1 is 1.03 bits per heavy atom. The molecule has 0 unspecified atom stereocenters. The molecule has 2 aromatic heterocycles. The zero-order valence-electron chi connectivity index (χ0n) is 17.8. The first kappa shape index (κ1) is 21.7. The summed E-state index contributed by atoms with van der Waals surface area (Å²) in [5, 5.41) is 6.94. The number of hydrogen-bond donors (Lipinski definition) is 1. The average molecular weight is 493 g/mol. The lowest BCUT2D eigenvalue weighted by Crippen LogP contribution is -2.27. The van der Waals surface area contributed by atoms with Crippen molar-refractivity contribution in [3.8, 4) is 22.8 Å². The molecule has 0 aliphatic heterocycles. The topological polar surface area (TPSA) is 90.0 Å². The number of benzene rings is 2. The molecule has 162 valence electrons. The third kappa shape index (κ3) is 4.70. The standard InChI is InChI=1S/C24H21BrN4O3/c1-14-10-15(2)22(16(3)11-14)26-20(30)13-29-12-18(6-9-21(29)31)24-27-23(28-32-24)17-4-7-19(25)8-5-17/h4-12H,13H2,1-3H3,(H,26,30). The molecule has 0 saturated heterocycles. The second-order valence-corrected chi connectivity index (χ2v) is 8.55. The monoisotopic (exact) mass is 492 g/mol. The van der Waals surface area contributed by atoms with E-state index in [-0.39, 0.29) is 23.9 Å². The lowest BCUT2D eigenvalue weighted by atomic mass is 10.1. The number of rotatable bonds is 5. The Kier molecular flexibility index (Phi) is 6.05. The third-order valence-electron chi connectivity index (χ3n) is 5.01. The molecule has 0 aliphatic carbocycles. The van der Waals surface area contributed by atoms with Gasteiger partial charge in [0.2, 0.25) is 11.7 Å². The molecular formula is C24H21BrN4O3. The van der Waals surface area contributed by atoms with Crippen molar-refractivity contribution >= 4 is 27.5 Å². The molecular weight excluding hydrogens is 472 g/mol. The van der Waals surface area contributed by atoms with Crippen molar-refractivity contribution in [3.63, 3.8) is 0 Å². The van der Waals surface area contributed by atoms with Crippen molar-refractivity contribution in [1.29, 1.82) is 0 Å². The van der Waals surface area contributed by atoms with Gasteiger partial charge in [0.15, 0.2) is 0 Å². The van der Waals surface area contributed by atoms with E-state index < -0.39 is 0 Å². The highest BCUT2D eigenvalue weighted by atomic mass is 79.9. The zero-order chi connectivity index (χ0) is 22.8. The van der Waals surface area contributed by atoms with E-state index in [2.05, 4.69) is 31.4 Å². The molecule has 32 heavy (non-hydrogen) atoms. The Morgan fingerprint density at radius 3 is 2.38 bits per heavy atom. The van der Waals surface area contributed by atoms with Gasteiger partial charge < -0.3 is 14.4 Å². The predicted molar refractivity (Wildman–Crippen MR) is 126 cm³/mol. The molecule has 4 rings (SSSR count). The minimum atomic E-state index is -0.297. The second kappa shape index (κ2) is 8.92. The van der Waals surface area contributed by atoms with E-state index in [4.69, 9.17) is 4.52 Å². The van der Waals surface area contributed by atoms with Crippen LogP contribution in [0.15, 0.2) is 68.5 Å². The first-order valence-electron chi connectivity index (χ1n) is 9.98. The molecule has 4 aromatic rings. The normalized spacial score (nSPS) is 10.9. The zero-order valence-corrected chi connectivity index (χ0v) is 19.4. The van der Waals surface area contributed by atoms with Crippen LogP contribution in [0.2, 0.25) is 0 Å². The minimum absolute atomic E-state index is 0.132. The van der Waals surface area contributed by atoms with Crippen LogP contribution in [0.5, 0.6) is 0 Å². The number of aromatic nitrogens is 3. The maximum atomic E-state index is 12.7. The Morgan fingerprint density at radius 2 is 1.69 bits per heavy atom. The number of anilines is 1. The number of carbonyl (C=O) groups is 1. The van der Waals surface area contributed by atoms with Gasteiger partial charge in [-0.1, -0.05) is 38.8 Å². The van der Waals surface area contributed by atoms with Gasteiger partial charge in [0.25, 0.3) is 11.4 Å². The number of carbonyl (C=O) groups excluding carboxylic acids is 1. The summed E-state index contributed by atoms with van der Waals surface area (Å²) in [6, 6.07) is 14.5. The summed E-state index contributed by atoms with van der Waals surface area (Å²) in [5.41, 5.74) is 4.90. The van der Waals surface area contributed by atoms with Gasteiger partial charge in [0.1, 0.15) is 6.54 Å². The molecule has 1 N–H and O–H groups in total. The van der Waals surface area contributed by atoms with E-state index in [1.165, 1.54) is 10.6 Å². The fraction of sp³-hybridized carbons (Fsp3) is 0.167. The summed E-state index contributed by atoms with van der Waals surface area (Å²) < 4.78 is 7.66. The van der Waals surface area contributed by atoms with Crippen molar-refractivity contribution in [2.75, 3.05) is 5.32 Å². The Bertz CT molecular complexity index is 1330. The third-order valence-corrected chi connectivity index (χ3v) is 5.54. The Labute approximate surface area is 193 Å². The molecule has 0 fully saturated rings. The number of nitrogens with one attached hydrogen (secondary N) is 1. The average Bonchev–Trinajstić information content (AvgIpc) is 3.23. The van der Waals surface area contributed by atoms with E-state index >= 15 is 0 Å². The van der Waals surface area contributed by atoms with Gasteiger partial charge in [0.05, 0.1) is 5.56 Å². The molecule has 2 aromatic carbocycles. The second-order valence-electron chi connectivity index (χ2n) is 7.64. The highest BCUT2D eigenvalue weighted by molar-refractivity contribution is 9.10. The molecule has 2 heterocycles. The van der Waals surface area contributed by atoms with Crippen LogP contribution < -0.4 is 10.9 Å². The summed E-state index contributed by atoms with van der Waals surface area (Å²) in [6.07, 6.45) is 1.55. The molecule has 0 atom stereocenters. The first-order valence-corrected chi connectivity index (χ1v) is 10.8. The lowest BCUT2D eigenvalue weighted by Gasteiger charge is -2.13. The van der Waals surface area contributed by atoms with Crippen LogP contribution >= 0.6 is 15.9 Å². The highest BCUT2D eigenvalue weighted by Crippen LogP contribution is 2.24. The molecule has 0 saturated carbocycles. The number of halogens is 1. The van der Waals surface area contributed by atoms with E-state index in [9.17, 15) is 9.59 Å². The summed E-state index contributed by atoms with van der Waals surface area (Å²) in [4.78, 5) is 29.4. The fourth-order valence-corrected chi connectivity index (χ4v) is 3.81. The smallest absolute Gasteiger partial charge is 0.259 e. The summed E-state index contributed by atoms with van der Waals surface area (Å²) in [5.74, 6) is 0.413. The molecule has 0 spiro atoms. The van der Waals surface area contributed by atoms with Crippen LogP contribution in [-0.2, 0) is 11.3 Å². The highest BCUT2D eigenvalue weighted by Gasteiger charge is 2.14. The summed E-state index contributed by atoms with van der Waals surface area (Å²) in [7, 11) is 0. The number of nitrogens with zero attached hydrogens (tertiary/aromatic N) is 3. The van der Waals surface area contributed by atoms with Gasteiger partial charge in [-0.25, -0.2) is 0 Å². The van der Waals surface area contributed by atoms with Crippen LogP contribution in [0.25, 0.3) is 22.8 Å². The van der Waals surface area contributed by atoms with E-state index in [1.54, 1.807) is 12.3 Å². The van der Waals surface area contributed by atoms with Gasteiger partial charge in [0, 0.05) is 28.0 Å². The molecule has 1 amide bonds. The SMILES string of the molecule is Cc1cc(C)c(NC(=O)Cn2cc(-c3nc(-c4ccc(Br)cc4)no3)ccc2=O)c(C)c1. The van der Waals surface area contributed by atoms with Crippen LogP contribution in [0.1, 0.15) is 16.7 Å². The number of aryl methyl sites for hydroxylation is 3. The number of amides is 1. The summed E-state index contributed by atoms with van der Waals surface area (Å²) >= 11 is 3.40. The van der Waals surface area contributed by atoms with Crippen LogP contribution in [0.3, 0.4) is 0 Å². The van der Waals surface area contributed by atoms with Crippen molar-refractivity contribution in [2.45, 2.75) is 27.3 Å². The fourth-order valence-electron chi connectivity index (χ4n) is 3.55. The minimum Gasteiger partial charge on any atom is -0.334 e. The maximum Gasteiger partial charge on any atom is 0.259 e. The van der Waals surface area contributed by atoms with Gasteiger partial charge in [-0.05, 0) is 62.2 Å². The van der Waals surface area contributed by atoms with Gasteiger partial charge >= 0.3 is 0 Å². The van der Waals surface area contributed by atoms with Crippen molar-refractivity contribution in [1.82, 2.24) is 14.7 Å². The van der Waals surface area contributed by atoms with Crippen molar-refractivity contribution in [3.05, 3.63) is 86.2 Å². The Hall–Kier alpha value is -3.52. The van der Waals surface area contributed by atoms with Gasteiger partial charge in [-0.2, -0.15) is 4.98 Å². The lowest BCUT2D eigenvalue weighted by molar-refractivity contribution is -0.116. The van der Waals surface area contributed by atoms with E-state index in [0.717, 1.165) is 32.4 Å². The first-order chi connectivity index (χ1) is 15.3. The van der Waals surface area contributed by atoms with Gasteiger partial charge in [-0.15, -0.1) is 0 Å².